The van der Waals surface area contributed by atoms with Gasteiger partial charge in [0.05, 0.1) is 0 Å². The number of carbonyl (C=O) groups is 1. The SMILES string of the molecule is CCC1CC2CCC(C1)N2C(=O)OC1CCCC1. The van der Waals surface area contributed by atoms with Crippen LogP contribution in [0.1, 0.15) is 64.7 Å². The predicted octanol–water partition coefficient (Wildman–Crippen LogP) is 3.72. The summed E-state index contributed by atoms with van der Waals surface area (Å²) >= 11 is 0. The van der Waals surface area contributed by atoms with Gasteiger partial charge in [0.2, 0.25) is 0 Å². The van der Waals surface area contributed by atoms with Gasteiger partial charge in [0, 0.05) is 12.1 Å². The smallest absolute Gasteiger partial charge is 0.410 e. The standard InChI is InChI=1S/C15H25NO2/c1-2-11-9-12-7-8-13(10-11)16(12)15(17)18-14-5-3-4-6-14/h11-14H,2-10H2,1H3. The van der Waals surface area contributed by atoms with Crippen LogP contribution in [0.2, 0.25) is 0 Å². The summed E-state index contributed by atoms with van der Waals surface area (Å²) in [6.45, 7) is 2.27. The molecule has 3 rings (SSSR count). The fourth-order valence-corrected chi connectivity index (χ4v) is 4.13. The summed E-state index contributed by atoms with van der Waals surface area (Å²) in [5, 5.41) is 0. The molecule has 2 heterocycles. The first kappa shape index (κ1) is 12.3. The van der Waals surface area contributed by atoms with E-state index in [1.165, 1.54) is 44.9 Å². The topological polar surface area (TPSA) is 29.5 Å². The molecule has 2 atom stereocenters. The molecule has 18 heavy (non-hydrogen) atoms. The maximum absolute atomic E-state index is 12.3. The van der Waals surface area contributed by atoms with Crippen LogP contribution in [0.15, 0.2) is 0 Å². The monoisotopic (exact) mass is 251 g/mol. The number of fused-ring (bicyclic) bond motifs is 2. The number of piperidine rings is 1. The van der Waals surface area contributed by atoms with Crippen molar-refractivity contribution >= 4 is 6.09 Å². The molecule has 0 aromatic carbocycles. The second kappa shape index (κ2) is 5.10. The Labute approximate surface area is 110 Å². The number of hydrogen-bond acceptors (Lipinski definition) is 2. The Bertz CT molecular complexity index is 298. The minimum absolute atomic E-state index is 0.0102. The van der Waals surface area contributed by atoms with Crippen LogP contribution in [-0.4, -0.2) is 29.2 Å². The number of ether oxygens (including phenoxy) is 1. The fourth-order valence-electron chi connectivity index (χ4n) is 4.13. The Morgan fingerprint density at radius 1 is 1.11 bits per heavy atom. The Hall–Kier alpha value is -0.730. The normalized spacial score (nSPS) is 36.1. The lowest BCUT2D eigenvalue weighted by Gasteiger charge is -2.38. The van der Waals surface area contributed by atoms with Crippen molar-refractivity contribution in [2.24, 2.45) is 5.92 Å². The maximum atomic E-state index is 12.3. The van der Waals surface area contributed by atoms with Gasteiger partial charge in [-0.25, -0.2) is 4.79 Å². The molecular formula is C15H25NO2. The van der Waals surface area contributed by atoms with Gasteiger partial charge in [0.1, 0.15) is 6.10 Å². The molecule has 0 aromatic rings. The summed E-state index contributed by atoms with van der Waals surface area (Å²) < 4.78 is 5.69. The Morgan fingerprint density at radius 3 is 2.28 bits per heavy atom. The highest BCUT2D eigenvalue weighted by molar-refractivity contribution is 5.69. The zero-order chi connectivity index (χ0) is 12.5. The molecule has 2 bridgehead atoms. The molecule has 102 valence electrons. The van der Waals surface area contributed by atoms with Crippen LogP contribution in [-0.2, 0) is 4.74 Å². The predicted molar refractivity (Wildman–Crippen MR) is 70.4 cm³/mol. The molecule has 3 nitrogen and oxygen atoms in total. The van der Waals surface area contributed by atoms with Gasteiger partial charge in [-0.3, -0.25) is 0 Å². The average Bonchev–Trinajstić information content (AvgIpc) is 2.95. The van der Waals surface area contributed by atoms with Gasteiger partial charge in [-0.1, -0.05) is 13.3 Å². The summed E-state index contributed by atoms with van der Waals surface area (Å²) in [7, 11) is 0. The van der Waals surface area contributed by atoms with Crippen LogP contribution < -0.4 is 0 Å². The van der Waals surface area contributed by atoms with Crippen molar-refractivity contribution in [2.45, 2.75) is 82.9 Å². The lowest BCUT2D eigenvalue weighted by atomic mass is 9.89. The van der Waals surface area contributed by atoms with Crippen molar-refractivity contribution in [1.29, 1.82) is 0 Å². The molecule has 1 aliphatic carbocycles. The Kier molecular flexibility index (Phi) is 3.49. The molecular weight excluding hydrogens is 226 g/mol. The second-order valence-corrected chi connectivity index (χ2v) is 6.33. The first-order valence-electron chi connectivity index (χ1n) is 7.77. The van der Waals surface area contributed by atoms with Gasteiger partial charge in [-0.2, -0.15) is 0 Å². The summed E-state index contributed by atoms with van der Waals surface area (Å²) in [5.74, 6) is 0.832. The van der Waals surface area contributed by atoms with Gasteiger partial charge in [0.25, 0.3) is 0 Å². The number of hydrogen-bond donors (Lipinski definition) is 0. The van der Waals surface area contributed by atoms with E-state index in [0.717, 1.165) is 18.8 Å². The molecule has 3 heteroatoms. The van der Waals surface area contributed by atoms with Gasteiger partial charge < -0.3 is 9.64 Å². The first-order chi connectivity index (χ1) is 8.78. The van der Waals surface area contributed by atoms with E-state index in [-0.39, 0.29) is 12.2 Å². The highest BCUT2D eigenvalue weighted by atomic mass is 16.6. The van der Waals surface area contributed by atoms with Crippen molar-refractivity contribution in [1.82, 2.24) is 4.90 Å². The zero-order valence-corrected chi connectivity index (χ0v) is 11.4. The minimum atomic E-state index is -0.0102. The fraction of sp³-hybridized carbons (Fsp3) is 0.933. The summed E-state index contributed by atoms with van der Waals surface area (Å²) in [5.41, 5.74) is 0. The molecule has 0 aromatic heterocycles. The largest absolute Gasteiger partial charge is 0.446 e. The average molecular weight is 251 g/mol. The van der Waals surface area contributed by atoms with Crippen LogP contribution in [0.3, 0.4) is 0 Å². The van der Waals surface area contributed by atoms with E-state index in [1.54, 1.807) is 0 Å². The maximum Gasteiger partial charge on any atom is 0.410 e. The summed E-state index contributed by atoms with van der Waals surface area (Å²) in [6, 6.07) is 0.949. The molecule has 0 spiro atoms. The number of carbonyl (C=O) groups excluding carboxylic acids is 1. The third kappa shape index (κ3) is 2.24. The van der Waals surface area contributed by atoms with Crippen molar-refractivity contribution in [3.8, 4) is 0 Å². The summed E-state index contributed by atoms with van der Waals surface area (Å²) in [6.07, 6.45) is 10.9. The van der Waals surface area contributed by atoms with Crippen molar-refractivity contribution in [3.63, 3.8) is 0 Å². The van der Waals surface area contributed by atoms with E-state index < -0.39 is 0 Å². The van der Waals surface area contributed by atoms with E-state index in [1.807, 2.05) is 0 Å². The number of nitrogens with zero attached hydrogens (tertiary/aromatic N) is 1. The minimum Gasteiger partial charge on any atom is -0.446 e. The van der Waals surface area contributed by atoms with Gasteiger partial charge in [0.15, 0.2) is 0 Å². The van der Waals surface area contributed by atoms with Crippen molar-refractivity contribution in [3.05, 3.63) is 0 Å². The van der Waals surface area contributed by atoms with Crippen LogP contribution in [0.4, 0.5) is 4.79 Å². The van der Waals surface area contributed by atoms with Crippen LogP contribution >= 0.6 is 0 Å². The highest BCUT2D eigenvalue weighted by Crippen LogP contribution is 2.40. The highest BCUT2D eigenvalue weighted by Gasteiger charge is 2.44. The number of rotatable bonds is 2. The second-order valence-electron chi connectivity index (χ2n) is 6.33. The molecule has 1 saturated carbocycles. The van der Waals surface area contributed by atoms with Crippen LogP contribution in [0.5, 0.6) is 0 Å². The third-order valence-electron chi connectivity index (χ3n) is 5.19. The first-order valence-corrected chi connectivity index (χ1v) is 7.77. The molecule has 0 radical (unpaired) electrons. The molecule has 1 amide bonds. The quantitative estimate of drug-likeness (QED) is 0.748. The van der Waals surface area contributed by atoms with Crippen LogP contribution in [0, 0.1) is 5.92 Å². The summed E-state index contributed by atoms with van der Waals surface area (Å²) in [4.78, 5) is 14.4. The molecule has 0 N–H and O–H groups in total. The van der Waals surface area contributed by atoms with E-state index in [9.17, 15) is 4.79 Å². The number of amides is 1. The van der Waals surface area contributed by atoms with E-state index >= 15 is 0 Å². The zero-order valence-electron chi connectivity index (χ0n) is 11.4. The van der Waals surface area contributed by atoms with Gasteiger partial charge in [-0.15, -0.1) is 0 Å². The Morgan fingerprint density at radius 2 is 1.72 bits per heavy atom. The molecule has 2 saturated heterocycles. The van der Waals surface area contributed by atoms with E-state index in [2.05, 4.69) is 11.8 Å². The molecule has 3 fully saturated rings. The van der Waals surface area contributed by atoms with E-state index in [0.29, 0.717) is 12.1 Å². The Balaban J connectivity index is 1.60. The van der Waals surface area contributed by atoms with E-state index in [4.69, 9.17) is 4.74 Å². The lowest BCUT2D eigenvalue weighted by Crippen LogP contribution is -2.47. The molecule has 2 aliphatic heterocycles. The van der Waals surface area contributed by atoms with Crippen LogP contribution in [0.25, 0.3) is 0 Å². The van der Waals surface area contributed by atoms with Gasteiger partial charge in [-0.05, 0) is 57.3 Å². The molecule has 3 aliphatic rings. The lowest BCUT2D eigenvalue weighted by molar-refractivity contribution is 0.0320. The molecule has 2 unspecified atom stereocenters. The van der Waals surface area contributed by atoms with Crippen molar-refractivity contribution in [2.75, 3.05) is 0 Å². The van der Waals surface area contributed by atoms with Gasteiger partial charge >= 0.3 is 6.09 Å². The van der Waals surface area contributed by atoms with Crippen molar-refractivity contribution < 1.29 is 9.53 Å². The third-order valence-corrected chi connectivity index (χ3v) is 5.19.